The van der Waals surface area contributed by atoms with E-state index < -0.39 is 11.0 Å². The zero-order valence-electron chi connectivity index (χ0n) is 17.6. The average Bonchev–Trinajstić information content (AvgIpc) is 2.90. The van der Waals surface area contributed by atoms with E-state index in [2.05, 4.69) is 31.2 Å². The van der Waals surface area contributed by atoms with E-state index in [0.717, 1.165) is 44.1 Å². The third-order valence-corrected chi connectivity index (χ3v) is 9.61. The van der Waals surface area contributed by atoms with E-state index in [1.165, 1.54) is 0 Å². The Morgan fingerprint density at radius 1 is 1.28 bits per heavy atom. The first kappa shape index (κ1) is 20.9. The summed E-state index contributed by atoms with van der Waals surface area (Å²) in [5.74, 6) is 4.19. The number of terminal acetylenes is 1. The lowest BCUT2D eigenvalue weighted by molar-refractivity contribution is -0.269. The van der Waals surface area contributed by atoms with Crippen molar-refractivity contribution >= 4 is 6.47 Å². The molecule has 29 heavy (non-hydrogen) atoms. The van der Waals surface area contributed by atoms with Gasteiger partial charge in [0.05, 0.1) is 12.7 Å². The molecule has 0 heterocycles. The first-order valence-corrected chi connectivity index (χ1v) is 11.0. The summed E-state index contributed by atoms with van der Waals surface area (Å²) in [6.45, 7) is 9.37. The highest BCUT2D eigenvalue weighted by molar-refractivity contribution is 5.39. The maximum absolute atomic E-state index is 11.3. The molecular formula is C24H34O5. The number of rotatable bonds is 4. The zero-order valence-corrected chi connectivity index (χ0v) is 17.6. The van der Waals surface area contributed by atoms with Crippen LogP contribution >= 0.6 is 0 Å². The lowest BCUT2D eigenvalue weighted by Gasteiger charge is -2.62. The van der Waals surface area contributed by atoms with Crippen LogP contribution < -0.4 is 0 Å². The Kier molecular flexibility index (Phi) is 5.13. The molecule has 0 aliphatic heterocycles. The normalized spacial score (nSPS) is 51.3. The molecule has 0 bridgehead atoms. The van der Waals surface area contributed by atoms with Crippen LogP contribution in [0.1, 0.15) is 58.8 Å². The Hall–Kier alpha value is -1.35. The van der Waals surface area contributed by atoms with Crippen LogP contribution in [0.5, 0.6) is 0 Å². The van der Waals surface area contributed by atoms with Gasteiger partial charge >= 0.3 is 6.47 Å². The van der Waals surface area contributed by atoms with Crippen molar-refractivity contribution in [2.45, 2.75) is 70.5 Å². The van der Waals surface area contributed by atoms with Gasteiger partial charge in [-0.1, -0.05) is 26.3 Å². The second-order valence-electron chi connectivity index (χ2n) is 10.5. The quantitative estimate of drug-likeness (QED) is 0.189. The second kappa shape index (κ2) is 7.11. The minimum atomic E-state index is -1.27. The van der Waals surface area contributed by atoms with Gasteiger partial charge < -0.3 is 15.1 Å². The Morgan fingerprint density at radius 2 is 2.03 bits per heavy atom. The molecule has 0 radical (unpaired) electrons. The lowest BCUT2D eigenvalue weighted by atomic mass is 9.43. The van der Waals surface area contributed by atoms with Crippen LogP contribution in [-0.2, 0) is 14.6 Å². The molecule has 4 aliphatic rings. The molecule has 4 saturated carbocycles. The molecule has 0 aromatic rings. The Bertz CT molecular complexity index is 727. The molecule has 5 nitrogen and oxygen atoms in total. The molecule has 3 unspecified atom stereocenters. The van der Waals surface area contributed by atoms with Crippen LogP contribution in [0.25, 0.3) is 0 Å². The minimum absolute atomic E-state index is 0.153. The van der Waals surface area contributed by atoms with Gasteiger partial charge in [0, 0.05) is 5.41 Å². The summed E-state index contributed by atoms with van der Waals surface area (Å²) in [5.41, 5.74) is -0.774. The van der Waals surface area contributed by atoms with Gasteiger partial charge in [-0.15, -0.1) is 6.42 Å². The van der Waals surface area contributed by atoms with E-state index in [-0.39, 0.29) is 23.4 Å². The molecule has 0 aromatic heterocycles. The SMILES string of the molecule is C#C[C@]1(O)C(=C)CC2C3C(CC[C@@]21C)[C@@]1(C)CC[C@H](COOC=O)C[C@H]1C[C@@H]3O. The third kappa shape index (κ3) is 2.83. The highest BCUT2D eigenvalue weighted by Gasteiger charge is 2.67. The largest absolute Gasteiger partial charge is 0.393 e. The first-order valence-electron chi connectivity index (χ1n) is 11.0. The monoisotopic (exact) mass is 402 g/mol. The number of hydrogen-bond acceptors (Lipinski definition) is 5. The molecule has 160 valence electrons. The van der Waals surface area contributed by atoms with Crippen molar-refractivity contribution in [3.05, 3.63) is 12.2 Å². The first-order chi connectivity index (χ1) is 13.7. The van der Waals surface area contributed by atoms with Crippen molar-refractivity contribution in [2.24, 2.45) is 40.4 Å². The van der Waals surface area contributed by atoms with Crippen molar-refractivity contribution in [3.63, 3.8) is 0 Å². The molecule has 4 rings (SSSR count). The van der Waals surface area contributed by atoms with E-state index in [1.54, 1.807) is 0 Å². The number of aliphatic hydroxyl groups excluding tert-OH is 1. The maximum atomic E-state index is 11.3. The van der Waals surface area contributed by atoms with Gasteiger partial charge in [0.2, 0.25) is 0 Å². The predicted molar refractivity (Wildman–Crippen MR) is 108 cm³/mol. The highest BCUT2D eigenvalue weighted by Crippen LogP contribution is 2.69. The van der Waals surface area contributed by atoms with Gasteiger partial charge in [0.15, 0.2) is 5.60 Å². The Morgan fingerprint density at radius 3 is 2.72 bits per heavy atom. The van der Waals surface area contributed by atoms with Crippen molar-refractivity contribution < 1.29 is 24.8 Å². The van der Waals surface area contributed by atoms with E-state index in [9.17, 15) is 15.0 Å². The lowest BCUT2D eigenvalue weighted by Crippen LogP contribution is -2.60. The highest BCUT2D eigenvalue weighted by atomic mass is 17.2. The standard InChI is InChI=1S/C24H34O5/c1-5-24(27)15(2)10-19-21-18(7-9-23(19,24)4)22(3)8-6-16(13-28-29-14-25)11-17(22)12-20(21)26/h1,14,16-21,26-27H,2,6-13H2,3-4H3/t16-,17-,18?,19?,20-,21?,22-,23-,24-/m0/s1. The van der Waals surface area contributed by atoms with Crippen LogP contribution in [0.3, 0.4) is 0 Å². The van der Waals surface area contributed by atoms with Gasteiger partial charge in [0.1, 0.15) is 0 Å². The van der Waals surface area contributed by atoms with E-state index in [0.29, 0.717) is 37.3 Å². The van der Waals surface area contributed by atoms with Crippen molar-refractivity contribution in [2.75, 3.05) is 6.61 Å². The van der Waals surface area contributed by atoms with E-state index in [1.807, 2.05) is 0 Å². The summed E-state index contributed by atoms with van der Waals surface area (Å²) in [6.07, 6.45) is 11.8. The maximum Gasteiger partial charge on any atom is 0.330 e. The second-order valence-corrected chi connectivity index (χ2v) is 10.5. The molecule has 0 aromatic carbocycles. The third-order valence-electron chi connectivity index (χ3n) is 9.61. The number of fused-ring (bicyclic) bond motifs is 5. The number of hydrogen-bond donors (Lipinski definition) is 2. The summed E-state index contributed by atoms with van der Waals surface area (Å²) in [7, 11) is 0. The number of carbonyl (C=O) groups excluding carboxylic acids is 1. The molecule has 4 aliphatic carbocycles. The van der Waals surface area contributed by atoms with Crippen molar-refractivity contribution in [3.8, 4) is 12.3 Å². The number of carbonyl (C=O) groups is 1. The van der Waals surface area contributed by atoms with Crippen LogP contribution in [-0.4, -0.2) is 35.0 Å². The molecule has 0 spiro atoms. The van der Waals surface area contributed by atoms with E-state index in [4.69, 9.17) is 11.3 Å². The summed E-state index contributed by atoms with van der Waals surface area (Å²) in [6, 6.07) is 0. The molecule has 0 amide bonds. The molecule has 9 atom stereocenters. The number of aliphatic hydroxyl groups is 2. The summed E-state index contributed by atoms with van der Waals surface area (Å²) in [5, 5.41) is 22.5. The molecular weight excluding hydrogens is 368 g/mol. The van der Waals surface area contributed by atoms with Crippen molar-refractivity contribution in [1.82, 2.24) is 0 Å². The van der Waals surface area contributed by atoms with Gasteiger partial charge in [0.25, 0.3) is 0 Å². The minimum Gasteiger partial charge on any atom is -0.393 e. The average molecular weight is 403 g/mol. The molecule has 5 heteroatoms. The van der Waals surface area contributed by atoms with Crippen LogP contribution in [0.2, 0.25) is 0 Å². The Labute approximate surface area is 173 Å². The predicted octanol–water partition coefficient (Wildman–Crippen LogP) is 3.25. The fourth-order valence-electron chi connectivity index (χ4n) is 7.86. The van der Waals surface area contributed by atoms with Gasteiger partial charge in [-0.25, -0.2) is 0 Å². The van der Waals surface area contributed by atoms with Crippen LogP contribution in [0, 0.1) is 52.8 Å². The summed E-state index contributed by atoms with van der Waals surface area (Å²) >= 11 is 0. The Balaban J connectivity index is 1.57. The molecule has 4 fully saturated rings. The van der Waals surface area contributed by atoms with E-state index >= 15 is 0 Å². The summed E-state index contributed by atoms with van der Waals surface area (Å²) in [4.78, 5) is 19.7. The van der Waals surface area contributed by atoms with Crippen LogP contribution in [0.4, 0.5) is 0 Å². The van der Waals surface area contributed by atoms with Gasteiger partial charge in [-0.2, -0.15) is 4.89 Å². The van der Waals surface area contributed by atoms with Crippen LogP contribution in [0.15, 0.2) is 12.2 Å². The summed E-state index contributed by atoms with van der Waals surface area (Å²) < 4.78 is 0. The van der Waals surface area contributed by atoms with Gasteiger partial charge in [-0.05, 0) is 85.5 Å². The topological polar surface area (TPSA) is 76.0 Å². The molecule has 2 N–H and O–H groups in total. The van der Waals surface area contributed by atoms with Gasteiger partial charge in [-0.3, -0.25) is 4.79 Å². The molecule has 0 saturated heterocycles. The fourth-order valence-corrected chi connectivity index (χ4v) is 7.86. The zero-order chi connectivity index (χ0) is 21.0. The van der Waals surface area contributed by atoms with Crippen molar-refractivity contribution in [1.29, 1.82) is 0 Å². The smallest absolute Gasteiger partial charge is 0.330 e. The fraction of sp³-hybridized carbons (Fsp3) is 0.792.